The number of Topliss-reactive ketones (excluding diaryl/α,β-unsaturated/α-hetero) is 1. The minimum absolute atomic E-state index is 0.0175. The molecule has 62 valence electrons. The van der Waals surface area contributed by atoms with Gasteiger partial charge in [0.2, 0.25) is 0 Å². The highest BCUT2D eigenvalue weighted by atomic mass is 33.1. The molecule has 0 amide bonds. The van der Waals surface area contributed by atoms with Crippen LogP contribution in [-0.2, 0) is 14.3 Å². The molecule has 0 aromatic rings. The molecule has 3 nitrogen and oxygen atoms in total. The second-order valence-electron chi connectivity index (χ2n) is 2.11. The van der Waals surface area contributed by atoms with Crippen LogP contribution in [-0.4, -0.2) is 29.4 Å². The van der Waals surface area contributed by atoms with Crippen LogP contribution in [0.15, 0.2) is 0 Å². The van der Waals surface area contributed by atoms with Crippen molar-refractivity contribution in [1.29, 1.82) is 0 Å². The molecule has 1 saturated heterocycles. The van der Waals surface area contributed by atoms with E-state index >= 15 is 0 Å². The number of hydrogen-bond donors (Lipinski definition) is 0. The first-order valence-electron chi connectivity index (χ1n) is 3.14. The second kappa shape index (κ2) is 4.01. The quantitative estimate of drug-likeness (QED) is 0.456. The summed E-state index contributed by atoms with van der Waals surface area (Å²) in [6.07, 6.45) is -0.501. The molecule has 5 heteroatoms. The van der Waals surface area contributed by atoms with Crippen LogP contribution in [0, 0.1) is 0 Å². The number of rotatable bonds is 1. The summed E-state index contributed by atoms with van der Waals surface area (Å²) in [5.74, 6) is 0.672. The molecular weight excluding hydrogens is 184 g/mol. The molecule has 0 aromatic carbocycles. The Morgan fingerprint density at radius 2 is 2.36 bits per heavy atom. The summed E-state index contributed by atoms with van der Waals surface area (Å²) in [4.78, 5) is 21.5. The zero-order valence-corrected chi connectivity index (χ0v) is 7.67. The highest BCUT2D eigenvalue weighted by Crippen LogP contribution is 2.28. The average Bonchev–Trinajstić information content (AvgIpc) is 1.93. The molecule has 0 aromatic heterocycles. The van der Waals surface area contributed by atoms with Crippen molar-refractivity contribution in [3.05, 3.63) is 0 Å². The fourth-order valence-electron chi connectivity index (χ4n) is 0.696. The van der Waals surface area contributed by atoms with Gasteiger partial charge >= 0.3 is 5.97 Å². The zero-order chi connectivity index (χ0) is 8.27. The molecule has 1 aliphatic heterocycles. The van der Waals surface area contributed by atoms with Crippen molar-refractivity contribution >= 4 is 33.3 Å². The molecule has 0 bridgehead atoms. The molecule has 1 heterocycles. The fraction of sp³-hybridized carbons (Fsp3) is 0.667. The Morgan fingerprint density at radius 1 is 1.64 bits per heavy atom. The number of ether oxygens (including phenoxy) is 1. The summed E-state index contributed by atoms with van der Waals surface area (Å²) in [5.41, 5.74) is 0. The summed E-state index contributed by atoms with van der Waals surface area (Å²) < 4.78 is 4.78. The molecule has 1 rings (SSSR count). The Labute approximate surface area is 72.6 Å². The van der Waals surface area contributed by atoms with Gasteiger partial charge in [0, 0.05) is 12.7 Å². The maximum absolute atomic E-state index is 11.0. The summed E-state index contributed by atoms with van der Waals surface area (Å²) >= 11 is 0. The predicted molar refractivity (Wildman–Crippen MR) is 45.5 cm³/mol. The SMILES string of the molecule is CC(=O)O[C@H]1CSSCC1=O. The van der Waals surface area contributed by atoms with Gasteiger partial charge in [-0.2, -0.15) is 0 Å². The van der Waals surface area contributed by atoms with Gasteiger partial charge in [0.25, 0.3) is 0 Å². The maximum atomic E-state index is 11.0. The molecule has 0 radical (unpaired) electrons. The van der Waals surface area contributed by atoms with E-state index in [9.17, 15) is 9.59 Å². The van der Waals surface area contributed by atoms with E-state index in [1.807, 2.05) is 0 Å². The molecule has 11 heavy (non-hydrogen) atoms. The molecule has 0 unspecified atom stereocenters. The van der Waals surface area contributed by atoms with Gasteiger partial charge in [0.05, 0.1) is 5.75 Å². The van der Waals surface area contributed by atoms with Gasteiger partial charge in [-0.1, -0.05) is 21.6 Å². The Balaban J connectivity index is 2.42. The lowest BCUT2D eigenvalue weighted by atomic mass is 10.3. The molecule has 0 N–H and O–H groups in total. The van der Waals surface area contributed by atoms with Crippen molar-refractivity contribution in [2.45, 2.75) is 13.0 Å². The van der Waals surface area contributed by atoms with Crippen LogP contribution in [0.1, 0.15) is 6.92 Å². The minimum atomic E-state index is -0.501. The molecular formula is C6H8O3S2. The van der Waals surface area contributed by atoms with Crippen molar-refractivity contribution in [3.63, 3.8) is 0 Å². The predicted octanol–water partition coefficient (Wildman–Crippen LogP) is 0.882. The van der Waals surface area contributed by atoms with E-state index in [1.54, 1.807) is 10.8 Å². The summed E-state index contributed by atoms with van der Waals surface area (Å²) in [5, 5.41) is 0. The summed E-state index contributed by atoms with van der Waals surface area (Å²) in [6.45, 7) is 1.32. The standard InChI is InChI=1S/C6H8O3S2/c1-4(7)9-6-3-11-10-2-5(6)8/h6H,2-3H2,1H3/t6-/m0/s1. The van der Waals surface area contributed by atoms with Crippen molar-refractivity contribution in [2.75, 3.05) is 11.5 Å². The first kappa shape index (κ1) is 8.93. The number of hydrogen-bond acceptors (Lipinski definition) is 5. The molecule has 1 aliphatic rings. The molecule has 1 fully saturated rings. The normalized spacial score (nSPS) is 24.8. The Hall–Kier alpha value is -0.160. The van der Waals surface area contributed by atoms with Crippen molar-refractivity contribution < 1.29 is 14.3 Å². The van der Waals surface area contributed by atoms with Crippen LogP contribution in [0.25, 0.3) is 0 Å². The Morgan fingerprint density at radius 3 is 2.91 bits per heavy atom. The van der Waals surface area contributed by atoms with Gasteiger partial charge in [0.1, 0.15) is 0 Å². The van der Waals surface area contributed by atoms with Gasteiger partial charge in [-0.25, -0.2) is 0 Å². The van der Waals surface area contributed by atoms with Gasteiger partial charge in [-0.3, -0.25) is 9.59 Å². The van der Waals surface area contributed by atoms with E-state index in [4.69, 9.17) is 4.74 Å². The van der Waals surface area contributed by atoms with Gasteiger partial charge in [-0.05, 0) is 0 Å². The van der Waals surface area contributed by atoms with Crippen molar-refractivity contribution in [2.24, 2.45) is 0 Å². The Kier molecular flexibility index (Phi) is 3.26. The monoisotopic (exact) mass is 192 g/mol. The average molecular weight is 192 g/mol. The van der Waals surface area contributed by atoms with Gasteiger partial charge in [0.15, 0.2) is 11.9 Å². The molecule has 0 saturated carbocycles. The summed E-state index contributed by atoms with van der Waals surface area (Å²) in [7, 11) is 3.08. The first-order valence-corrected chi connectivity index (χ1v) is 5.63. The third-order valence-corrected chi connectivity index (χ3v) is 3.44. The molecule has 0 spiro atoms. The van der Waals surface area contributed by atoms with Crippen LogP contribution in [0.5, 0.6) is 0 Å². The van der Waals surface area contributed by atoms with E-state index in [2.05, 4.69) is 0 Å². The van der Waals surface area contributed by atoms with E-state index in [0.29, 0.717) is 11.5 Å². The fourth-order valence-corrected chi connectivity index (χ4v) is 2.81. The third kappa shape index (κ3) is 2.75. The lowest BCUT2D eigenvalue weighted by Crippen LogP contribution is -2.32. The van der Waals surface area contributed by atoms with Gasteiger partial charge in [-0.15, -0.1) is 0 Å². The van der Waals surface area contributed by atoms with E-state index in [0.717, 1.165) is 0 Å². The Bertz CT molecular complexity index is 181. The van der Waals surface area contributed by atoms with Crippen LogP contribution in [0.4, 0.5) is 0 Å². The topological polar surface area (TPSA) is 43.4 Å². The number of ketones is 1. The number of carbonyl (C=O) groups is 2. The van der Waals surface area contributed by atoms with Crippen LogP contribution >= 0.6 is 21.6 Å². The van der Waals surface area contributed by atoms with Crippen LogP contribution < -0.4 is 0 Å². The van der Waals surface area contributed by atoms with Gasteiger partial charge < -0.3 is 4.74 Å². The van der Waals surface area contributed by atoms with Crippen molar-refractivity contribution in [1.82, 2.24) is 0 Å². The second-order valence-corrected chi connectivity index (χ2v) is 4.62. The largest absolute Gasteiger partial charge is 0.454 e. The smallest absolute Gasteiger partial charge is 0.303 e. The maximum Gasteiger partial charge on any atom is 0.303 e. The first-order chi connectivity index (χ1) is 5.20. The van der Waals surface area contributed by atoms with Crippen LogP contribution in [0.3, 0.4) is 0 Å². The minimum Gasteiger partial charge on any atom is -0.454 e. The van der Waals surface area contributed by atoms with Crippen LogP contribution in [0.2, 0.25) is 0 Å². The lowest BCUT2D eigenvalue weighted by Gasteiger charge is -2.18. The highest BCUT2D eigenvalue weighted by Gasteiger charge is 2.25. The third-order valence-electron chi connectivity index (χ3n) is 1.17. The lowest BCUT2D eigenvalue weighted by molar-refractivity contribution is -0.150. The number of carbonyl (C=O) groups excluding carboxylic acids is 2. The van der Waals surface area contributed by atoms with Crippen molar-refractivity contribution in [3.8, 4) is 0 Å². The summed E-state index contributed by atoms with van der Waals surface area (Å²) in [6, 6.07) is 0. The van der Waals surface area contributed by atoms with E-state index < -0.39 is 6.10 Å². The van der Waals surface area contributed by atoms with E-state index in [-0.39, 0.29) is 11.8 Å². The molecule has 0 aliphatic carbocycles. The highest BCUT2D eigenvalue weighted by molar-refractivity contribution is 8.77. The number of esters is 1. The molecule has 1 atom stereocenters. The van der Waals surface area contributed by atoms with E-state index in [1.165, 1.54) is 17.7 Å². The zero-order valence-electron chi connectivity index (χ0n) is 6.03.